The molecule has 0 unspecified atom stereocenters. The van der Waals surface area contributed by atoms with Crippen LogP contribution in [0.1, 0.15) is 18.2 Å². The zero-order chi connectivity index (χ0) is 12.3. The molecule has 1 rings (SSSR count). The van der Waals surface area contributed by atoms with Crippen LogP contribution < -0.4 is 5.43 Å². The molecule has 8 nitrogen and oxygen atoms in total. The third kappa shape index (κ3) is 2.22. The van der Waals surface area contributed by atoms with Gasteiger partial charge in [-0.05, 0) is 13.3 Å². The van der Waals surface area contributed by atoms with Gasteiger partial charge in [0.1, 0.15) is 0 Å². The van der Waals surface area contributed by atoms with E-state index < -0.39 is 9.96 Å². The molecule has 1 heterocycles. The molecule has 86 valence electrons. The summed E-state index contributed by atoms with van der Waals surface area (Å²) in [6.07, 6.45) is 1.71. The third-order valence-electron chi connectivity index (χ3n) is 2.03. The topological polar surface area (TPSA) is 111 Å². The standard InChI is InChI=1S/C8H10N4O4/c1-3-6-7(10-12(15)16)8(11(13)14)5(2)4-9-6/h4,10H,3H2,1-2H3. The first-order chi connectivity index (χ1) is 7.47. The van der Waals surface area contributed by atoms with Crippen molar-refractivity contribution >= 4 is 11.4 Å². The van der Waals surface area contributed by atoms with E-state index in [2.05, 4.69) is 4.98 Å². The molecule has 0 spiro atoms. The molecule has 16 heavy (non-hydrogen) atoms. The van der Waals surface area contributed by atoms with E-state index in [9.17, 15) is 20.2 Å². The molecular formula is C8H10N4O4. The Labute approximate surface area is 90.6 Å². The molecule has 0 saturated carbocycles. The second-order valence-corrected chi connectivity index (χ2v) is 3.09. The highest BCUT2D eigenvalue weighted by Crippen LogP contribution is 2.30. The first-order valence-corrected chi connectivity index (χ1v) is 4.51. The van der Waals surface area contributed by atoms with Gasteiger partial charge in [0, 0.05) is 11.8 Å². The van der Waals surface area contributed by atoms with Gasteiger partial charge in [-0.2, -0.15) is 0 Å². The third-order valence-corrected chi connectivity index (χ3v) is 2.03. The number of nitro groups is 2. The first-order valence-electron chi connectivity index (χ1n) is 4.51. The zero-order valence-corrected chi connectivity index (χ0v) is 8.76. The lowest BCUT2D eigenvalue weighted by atomic mass is 10.1. The maximum atomic E-state index is 10.8. The summed E-state index contributed by atoms with van der Waals surface area (Å²) in [5.74, 6) is 0. The normalized spacial score (nSPS) is 9.88. The van der Waals surface area contributed by atoms with Crippen molar-refractivity contribution in [2.24, 2.45) is 0 Å². The van der Waals surface area contributed by atoms with Gasteiger partial charge in [0.25, 0.3) is 0 Å². The van der Waals surface area contributed by atoms with Crippen molar-refractivity contribution in [1.82, 2.24) is 4.98 Å². The molecule has 0 atom stereocenters. The van der Waals surface area contributed by atoms with Crippen LogP contribution >= 0.6 is 0 Å². The molecular weight excluding hydrogens is 216 g/mol. The van der Waals surface area contributed by atoms with E-state index in [0.717, 1.165) is 0 Å². The largest absolute Gasteiger partial charge is 0.304 e. The summed E-state index contributed by atoms with van der Waals surface area (Å²) >= 11 is 0. The number of aromatic nitrogens is 1. The summed E-state index contributed by atoms with van der Waals surface area (Å²) < 4.78 is 0. The first kappa shape index (κ1) is 11.8. The highest BCUT2D eigenvalue weighted by molar-refractivity contribution is 5.66. The van der Waals surface area contributed by atoms with Gasteiger partial charge in [-0.15, -0.1) is 0 Å². The van der Waals surface area contributed by atoms with Crippen molar-refractivity contribution in [3.63, 3.8) is 0 Å². The van der Waals surface area contributed by atoms with Crippen LogP contribution in [0.25, 0.3) is 0 Å². The molecule has 0 bridgehead atoms. The lowest BCUT2D eigenvalue weighted by molar-refractivity contribution is -0.447. The highest BCUT2D eigenvalue weighted by Gasteiger charge is 2.24. The summed E-state index contributed by atoms with van der Waals surface area (Å²) in [6, 6.07) is 0. The van der Waals surface area contributed by atoms with E-state index >= 15 is 0 Å². The fourth-order valence-corrected chi connectivity index (χ4v) is 1.35. The molecule has 1 aromatic rings. The van der Waals surface area contributed by atoms with Crippen molar-refractivity contribution in [2.75, 3.05) is 5.43 Å². The smallest absolute Gasteiger partial charge is 0.258 e. The lowest BCUT2D eigenvalue weighted by Crippen LogP contribution is -2.13. The van der Waals surface area contributed by atoms with E-state index in [1.165, 1.54) is 13.1 Å². The number of rotatable bonds is 4. The van der Waals surface area contributed by atoms with Gasteiger partial charge in [-0.25, -0.2) is 10.1 Å². The predicted octanol–water partition coefficient (Wildman–Crippen LogP) is 1.46. The van der Waals surface area contributed by atoms with E-state index in [1.54, 1.807) is 6.92 Å². The zero-order valence-electron chi connectivity index (χ0n) is 8.76. The fraction of sp³-hybridized carbons (Fsp3) is 0.375. The van der Waals surface area contributed by atoms with Gasteiger partial charge in [0.15, 0.2) is 5.03 Å². The van der Waals surface area contributed by atoms with Crippen LogP contribution in [0.5, 0.6) is 0 Å². The number of hydrazine groups is 1. The monoisotopic (exact) mass is 226 g/mol. The lowest BCUT2D eigenvalue weighted by Gasteiger charge is -2.06. The van der Waals surface area contributed by atoms with Crippen LogP contribution in [0, 0.1) is 27.2 Å². The minimum absolute atomic E-state index is 0.141. The van der Waals surface area contributed by atoms with Gasteiger partial charge < -0.3 is 0 Å². The maximum absolute atomic E-state index is 10.8. The van der Waals surface area contributed by atoms with E-state index in [4.69, 9.17) is 0 Å². The number of anilines is 1. The average molecular weight is 226 g/mol. The Kier molecular flexibility index (Phi) is 3.33. The van der Waals surface area contributed by atoms with E-state index in [1.807, 2.05) is 5.43 Å². The molecule has 1 aromatic heterocycles. The number of pyridine rings is 1. The number of nitrogens with one attached hydrogen (secondary N) is 1. The van der Waals surface area contributed by atoms with Crippen LogP contribution in [0.3, 0.4) is 0 Å². The summed E-state index contributed by atoms with van der Waals surface area (Å²) in [4.78, 5) is 24.4. The van der Waals surface area contributed by atoms with Gasteiger partial charge in [-0.1, -0.05) is 12.3 Å². The van der Waals surface area contributed by atoms with Crippen molar-refractivity contribution in [1.29, 1.82) is 0 Å². The Hall–Kier alpha value is -2.25. The van der Waals surface area contributed by atoms with Crippen molar-refractivity contribution in [2.45, 2.75) is 20.3 Å². The Morgan fingerprint density at radius 3 is 2.50 bits per heavy atom. The second kappa shape index (κ2) is 4.51. The second-order valence-electron chi connectivity index (χ2n) is 3.09. The summed E-state index contributed by atoms with van der Waals surface area (Å²) in [6.45, 7) is 3.20. The van der Waals surface area contributed by atoms with E-state index in [0.29, 0.717) is 12.1 Å². The summed E-state index contributed by atoms with van der Waals surface area (Å²) in [5.41, 5.74) is 1.97. The molecule has 0 aliphatic heterocycles. The highest BCUT2D eigenvalue weighted by atomic mass is 16.7. The summed E-state index contributed by atoms with van der Waals surface area (Å²) in [7, 11) is 0. The van der Waals surface area contributed by atoms with E-state index in [-0.39, 0.29) is 16.9 Å². The van der Waals surface area contributed by atoms with Crippen molar-refractivity contribution in [3.05, 3.63) is 37.7 Å². The Morgan fingerprint density at radius 2 is 2.06 bits per heavy atom. The van der Waals surface area contributed by atoms with Crippen molar-refractivity contribution < 1.29 is 9.96 Å². The van der Waals surface area contributed by atoms with Crippen LogP contribution in [0.4, 0.5) is 11.4 Å². The molecule has 0 aliphatic carbocycles. The molecule has 0 radical (unpaired) electrons. The minimum atomic E-state index is -0.831. The number of nitrogens with zero attached hydrogens (tertiary/aromatic N) is 3. The Morgan fingerprint density at radius 1 is 1.44 bits per heavy atom. The SMILES string of the molecule is CCc1ncc(C)c([N+](=O)[O-])c1N[N+](=O)[O-]. The number of hydrogen-bond donors (Lipinski definition) is 1. The quantitative estimate of drug-likeness (QED) is 0.614. The van der Waals surface area contributed by atoms with Crippen molar-refractivity contribution in [3.8, 4) is 0 Å². The molecule has 0 fully saturated rings. The van der Waals surface area contributed by atoms with Gasteiger partial charge in [-0.3, -0.25) is 15.1 Å². The molecule has 0 amide bonds. The molecule has 0 saturated heterocycles. The summed E-state index contributed by atoms with van der Waals surface area (Å²) in [5, 5.41) is 20.3. The number of hydrogen-bond acceptors (Lipinski definition) is 5. The molecule has 8 heteroatoms. The molecule has 0 aromatic carbocycles. The number of aryl methyl sites for hydroxylation is 2. The minimum Gasteiger partial charge on any atom is -0.258 e. The predicted molar refractivity (Wildman–Crippen MR) is 55.6 cm³/mol. The molecule has 1 N–H and O–H groups in total. The van der Waals surface area contributed by atoms with Gasteiger partial charge in [0.2, 0.25) is 5.69 Å². The maximum Gasteiger partial charge on any atom is 0.304 e. The van der Waals surface area contributed by atoms with Crippen LogP contribution in [-0.2, 0) is 6.42 Å². The average Bonchev–Trinajstić information content (AvgIpc) is 2.16. The fourth-order valence-electron chi connectivity index (χ4n) is 1.35. The van der Waals surface area contributed by atoms with Crippen LogP contribution in [-0.4, -0.2) is 14.9 Å². The van der Waals surface area contributed by atoms with Crippen LogP contribution in [0.2, 0.25) is 0 Å². The van der Waals surface area contributed by atoms with Crippen LogP contribution in [0.15, 0.2) is 6.20 Å². The van der Waals surface area contributed by atoms with Gasteiger partial charge >= 0.3 is 5.69 Å². The Balaban J connectivity index is 3.42. The molecule has 0 aliphatic rings. The van der Waals surface area contributed by atoms with Gasteiger partial charge in [0.05, 0.1) is 10.6 Å². The Bertz CT molecular complexity index is 446.